The molecule has 1 amide bonds. The van der Waals surface area contributed by atoms with Crippen LogP contribution in [0.25, 0.3) is 10.2 Å². The van der Waals surface area contributed by atoms with E-state index >= 15 is 0 Å². The van der Waals surface area contributed by atoms with Gasteiger partial charge in [-0.2, -0.15) is 0 Å². The second-order valence-corrected chi connectivity index (χ2v) is 8.49. The van der Waals surface area contributed by atoms with Gasteiger partial charge in [-0.15, -0.1) is 11.3 Å². The first-order chi connectivity index (χ1) is 12.2. The molecule has 0 aliphatic heterocycles. The molecule has 2 aliphatic rings. The molecule has 0 spiro atoms. The van der Waals surface area contributed by atoms with Crippen LogP contribution in [0, 0.1) is 5.92 Å². The van der Waals surface area contributed by atoms with Crippen LogP contribution in [-0.4, -0.2) is 28.5 Å². The summed E-state index contributed by atoms with van der Waals surface area (Å²) in [7, 11) is 0. The number of hydrogen-bond acceptors (Lipinski definition) is 5. The van der Waals surface area contributed by atoms with Crippen molar-refractivity contribution in [2.45, 2.75) is 64.3 Å². The molecule has 2 aromatic rings. The minimum absolute atomic E-state index is 0.0314. The van der Waals surface area contributed by atoms with E-state index in [0.717, 1.165) is 41.8 Å². The molecule has 134 valence electrons. The molecule has 0 aromatic carbocycles. The molecule has 2 aromatic heterocycles. The number of rotatable bonds is 4. The topological polar surface area (TPSA) is 64.1 Å². The van der Waals surface area contributed by atoms with Gasteiger partial charge in [0.25, 0.3) is 5.91 Å². The quantitative estimate of drug-likeness (QED) is 0.905. The summed E-state index contributed by atoms with van der Waals surface area (Å²) in [6.45, 7) is 2.33. The number of nitrogens with one attached hydrogen (secondary N) is 1. The van der Waals surface area contributed by atoms with Crippen molar-refractivity contribution in [2.75, 3.05) is 6.61 Å². The van der Waals surface area contributed by atoms with Gasteiger partial charge >= 0.3 is 0 Å². The first kappa shape index (κ1) is 16.8. The number of amides is 1. The van der Waals surface area contributed by atoms with Crippen molar-refractivity contribution in [3.05, 3.63) is 16.8 Å². The third-order valence-corrected chi connectivity index (χ3v) is 6.53. The van der Waals surface area contributed by atoms with Crippen LogP contribution >= 0.6 is 11.3 Å². The van der Waals surface area contributed by atoms with Crippen LogP contribution < -0.4 is 10.1 Å². The van der Waals surface area contributed by atoms with Gasteiger partial charge in [0.2, 0.25) is 5.88 Å². The Balaban J connectivity index is 1.47. The lowest BCUT2D eigenvalue weighted by Crippen LogP contribution is -2.39. The lowest BCUT2D eigenvalue weighted by atomic mass is 9.89. The second-order valence-electron chi connectivity index (χ2n) is 7.40. The Morgan fingerprint density at radius 3 is 2.96 bits per heavy atom. The summed E-state index contributed by atoms with van der Waals surface area (Å²) in [5, 5.41) is 4.12. The summed E-state index contributed by atoms with van der Waals surface area (Å²) >= 11 is 1.75. The van der Waals surface area contributed by atoms with Gasteiger partial charge in [0.1, 0.15) is 11.2 Å². The molecule has 2 heterocycles. The molecular formula is C19H25N3O2S. The number of fused-ring (bicyclic) bond motifs is 3. The summed E-state index contributed by atoms with van der Waals surface area (Å²) < 4.78 is 5.82. The average Bonchev–Trinajstić information content (AvgIpc) is 2.98. The summed E-state index contributed by atoms with van der Waals surface area (Å²) in [6.07, 6.45) is 10.8. The van der Waals surface area contributed by atoms with Crippen molar-refractivity contribution in [3.8, 4) is 5.88 Å². The molecule has 0 bridgehead atoms. The van der Waals surface area contributed by atoms with E-state index in [2.05, 4.69) is 22.2 Å². The van der Waals surface area contributed by atoms with E-state index in [1.807, 2.05) is 0 Å². The highest BCUT2D eigenvalue weighted by Crippen LogP contribution is 2.40. The zero-order valence-corrected chi connectivity index (χ0v) is 15.5. The summed E-state index contributed by atoms with van der Waals surface area (Å²) in [6, 6.07) is 0.311. The minimum atomic E-state index is -0.0450. The van der Waals surface area contributed by atoms with Gasteiger partial charge in [-0.25, -0.2) is 9.97 Å². The zero-order chi connectivity index (χ0) is 17.2. The fraction of sp³-hybridized carbons (Fsp3) is 0.632. The molecule has 6 heteroatoms. The highest BCUT2D eigenvalue weighted by Gasteiger charge is 2.24. The number of thiophene rings is 1. The third-order valence-electron chi connectivity index (χ3n) is 5.37. The number of aromatic nitrogens is 2. The second kappa shape index (κ2) is 7.28. The van der Waals surface area contributed by atoms with E-state index in [1.165, 1.54) is 36.1 Å². The van der Waals surface area contributed by atoms with E-state index < -0.39 is 0 Å². The molecule has 0 radical (unpaired) electrons. The minimum Gasteiger partial charge on any atom is -0.467 e. The highest BCUT2D eigenvalue weighted by atomic mass is 32.1. The van der Waals surface area contributed by atoms with E-state index in [0.29, 0.717) is 11.9 Å². The van der Waals surface area contributed by atoms with Crippen LogP contribution in [-0.2, 0) is 17.6 Å². The Morgan fingerprint density at radius 1 is 1.28 bits per heavy atom. The molecule has 0 unspecified atom stereocenters. The Morgan fingerprint density at radius 2 is 2.12 bits per heavy atom. The summed E-state index contributed by atoms with van der Waals surface area (Å²) in [4.78, 5) is 23.3. The monoisotopic (exact) mass is 359 g/mol. The maximum atomic E-state index is 12.2. The van der Waals surface area contributed by atoms with Crippen molar-refractivity contribution in [2.24, 2.45) is 5.92 Å². The average molecular weight is 359 g/mol. The van der Waals surface area contributed by atoms with Crippen LogP contribution in [0.2, 0.25) is 0 Å². The van der Waals surface area contributed by atoms with Gasteiger partial charge in [-0.1, -0.05) is 26.2 Å². The van der Waals surface area contributed by atoms with E-state index in [9.17, 15) is 4.79 Å². The number of carbonyl (C=O) groups excluding carboxylic acids is 1. The molecule has 0 saturated heterocycles. The summed E-state index contributed by atoms with van der Waals surface area (Å²) in [5.41, 5.74) is 1.33. The van der Waals surface area contributed by atoms with Crippen LogP contribution in [0.5, 0.6) is 5.88 Å². The Hall–Kier alpha value is -1.69. The maximum absolute atomic E-state index is 12.2. The smallest absolute Gasteiger partial charge is 0.258 e. The van der Waals surface area contributed by atoms with Crippen molar-refractivity contribution < 1.29 is 9.53 Å². The van der Waals surface area contributed by atoms with Gasteiger partial charge in [-0.3, -0.25) is 4.79 Å². The van der Waals surface area contributed by atoms with Crippen molar-refractivity contribution in [3.63, 3.8) is 0 Å². The van der Waals surface area contributed by atoms with Crippen LogP contribution in [0.1, 0.15) is 55.9 Å². The number of aryl methyl sites for hydroxylation is 1. The fourth-order valence-corrected chi connectivity index (χ4v) is 5.35. The Bertz CT molecular complexity index is 767. The fourth-order valence-electron chi connectivity index (χ4n) is 4.01. The number of carbonyl (C=O) groups is 1. The van der Waals surface area contributed by atoms with Crippen LogP contribution in [0.15, 0.2) is 6.33 Å². The lowest BCUT2D eigenvalue weighted by molar-refractivity contribution is -0.124. The predicted octanol–water partition coefficient (Wildman–Crippen LogP) is 3.64. The molecule has 1 fully saturated rings. The lowest BCUT2D eigenvalue weighted by Gasteiger charge is -2.22. The molecule has 1 N–H and O–H groups in total. The van der Waals surface area contributed by atoms with Gasteiger partial charge in [0, 0.05) is 10.9 Å². The van der Waals surface area contributed by atoms with Crippen LogP contribution in [0.3, 0.4) is 0 Å². The number of nitrogens with zero attached hydrogens (tertiary/aromatic N) is 2. The van der Waals surface area contributed by atoms with Gasteiger partial charge in [0.05, 0.1) is 5.39 Å². The molecule has 25 heavy (non-hydrogen) atoms. The van der Waals surface area contributed by atoms with E-state index in [4.69, 9.17) is 4.74 Å². The molecule has 1 atom stereocenters. The molecule has 2 aliphatic carbocycles. The van der Waals surface area contributed by atoms with E-state index in [-0.39, 0.29) is 12.5 Å². The molecular weight excluding hydrogens is 334 g/mol. The standard InChI is InChI=1S/C19H25N3O2S/c1-12-7-8-14-15(9-12)25-19-17(14)18(20-11-21-19)24-10-16(23)22-13-5-3-2-4-6-13/h11-13H,2-10H2,1H3,(H,22,23)/t12-/m1/s1. The SMILES string of the molecule is C[C@@H]1CCc2c(sc3ncnc(OCC(=O)NC4CCCCC4)c23)C1. The third kappa shape index (κ3) is 3.64. The van der Waals surface area contributed by atoms with Gasteiger partial charge in [0.15, 0.2) is 6.61 Å². The van der Waals surface area contributed by atoms with Crippen LogP contribution in [0.4, 0.5) is 0 Å². The van der Waals surface area contributed by atoms with Crippen molar-refractivity contribution in [1.82, 2.24) is 15.3 Å². The first-order valence-corrected chi connectivity index (χ1v) is 10.2. The maximum Gasteiger partial charge on any atom is 0.258 e. The van der Waals surface area contributed by atoms with Crippen molar-refractivity contribution >= 4 is 27.5 Å². The van der Waals surface area contributed by atoms with Gasteiger partial charge in [-0.05, 0) is 43.6 Å². The van der Waals surface area contributed by atoms with Gasteiger partial charge < -0.3 is 10.1 Å². The molecule has 4 rings (SSSR count). The van der Waals surface area contributed by atoms with E-state index in [1.54, 1.807) is 17.7 Å². The predicted molar refractivity (Wildman–Crippen MR) is 99.1 cm³/mol. The van der Waals surface area contributed by atoms with Crippen molar-refractivity contribution in [1.29, 1.82) is 0 Å². The Kier molecular flexibility index (Phi) is 4.88. The Labute approximate surface area is 152 Å². The largest absolute Gasteiger partial charge is 0.467 e. The first-order valence-electron chi connectivity index (χ1n) is 9.38. The highest BCUT2D eigenvalue weighted by molar-refractivity contribution is 7.18. The zero-order valence-electron chi connectivity index (χ0n) is 14.7. The normalized spacial score (nSPS) is 21.1. The summed E-state index contributed by atoms with van der Waals surface area (Å²) in [5.74, 6) is 1.24. The molecule has 5 nitrogen and oxygen atoms in total. The number of hydrogen-bond donors (Lipinski definition) is 1. The molecule has 1 saturated carbocycles. The number of ether oxygens (including phenoxy) is 1.